The zero-order chi connectivity index (χ0) is 13.7. The molecule has 1 aromatic rings. The standard InChI is InChI=1S/C15H26N2O/c1-11(2)8-9-17(5)13-6-7-14(16)15(10-13)18-12(3)4/h6-7,10-12H,8-9,16H2,1-5H3. The Bertz CT molecular complexity index is 375. The van der Waals surface area contributed by atoms with E-state index in [9.17, 15) is 0 Å². The van der Waals surface area contributed by atoms with Crippen LogP contribution in [0.4, 0.5) is 11.4 Å². The predicted molar refractivity (Wildman–Crippen MR) is 79.3 cm³/mol. The van der Waals surface area contributed by atoms with Gasteiger partial charge in [0, 0.05) is 25.3 Å². The van der Waals surface area contributed by atoms with Gasteiger partial charge in [0.1, 0.15) is 5.75 Å². The largest absolute Gasteiger partial charge is 0.489 e. The number of rotatable bonds is 6. The molecule has 18 heavy (non-hydrogen) atoms. The zero-order valence-electron chi connectivity index (χ0n) is 12.2. The van der Waals surface area contributed by atoms with Crippen molar-refractivity contribution >= 4 is 11.4 Å². The molecule has 3 heteroatoms. The lowest BCUT2D eigenvalue weighted by molar-refractivity contribution is 0.244. The molecule has 0 atom stereocenters. The van der Waals surface area contributed by atoms with E-state index in [1.807, 2.05) is 32.0 Å². The van der Waals surface area contributed by atoms with Gasteiger partial charge in [0.05, 0.1) is 11.8 Å². The van der Waals surface area contributed by atoms with Crippen LogP contribution in [0.2, 0.25) is 0 Å². The highest BCUT2D eigenvalue weighted by molar-refractivity contribution is 5.62. The molecule has 0 heterocycles. The van der Waals surface area contributed by atoms with Gasteiger partial charge in [-0.15, -0.1) is 0 Å². The second-order valence-electron chi connectivity index (χ2n) is 5.49. The van der Waals surface area contributed by atoms with Crippen molar-refractivity contribution in [1.29, 1.82) is 0 Å². The number of benzene rings is 1. The summed E-state index contributed by atoms with van der Waals surface area (Å²) in [6, 6.07) is 5.98. The molecule has 0 fully saturated rings. The molecule has 1 rings (SSSR count). The number of nitrogens with two attached hydrogens (primary N) is 1. The minimum Gasteiger partial charge on any atom is -0.489 e. The van der Waals surface area contributed by atoms with E-state index in [-0.39, 0.29) is 6.10 Å². The molecule has 0 unspecified atom stereocenters. The first-order valence-electron chi connectivity index (χ1n) is 6.67. The van der Waals surface area contributed by atoms with Crippen LogP contribution < -0.4 is 15.4 Å². The smallest absolute Gasteiger partial charge is 0.144 e. The van der Waals surface area contributed by atoms with E-state index in [1.54, 1.807) is 0 Å². The third kappa shape index (κ3) is 4.47. The summed E-state index contributed by atoms with van der Waals surface area (Å²) in [5.41, 5.74) is 7.77. The van der Waals surface area contributed by atoms with Gasteiger partial charge < -0.3 is 15.4 Å². The molecule has 2 N–H and O–H groups in total. The quantitative estimate of drug-likeness (QED) is 0.785. The van der Waals surface area contributed by atoms with Gasteiger partial charge in [0.25, 0.3) is 0 Å². The Morgan fingerprint density at radius 2 is 1.89 bits per heavy atom. The summed E-state index contributed by atoms with van der Waals surface area (Å²) in [5.74, 6) is 1.49. The lowest BCUT2D eigenvalue weighted by Crippen LogP contribution is -2.20. The molecule has 0 saturated heterocycles. The van der Waals surface area contributed by atoms with Gasteiger partial charge in [-0.25, -0.2) is 0 Å². The van der Waals surface area contributed by atoms with Crippen molar-refractivity contribution in [2.24, 2.45) is 5.92 Å². The Balaban J connectivity index is 2.77. The fourth-order valence-electron chi connectivity index (χ4n) is 1.70. The zero-order valence-corrected chi connectivity index (χ0v) is 12.2. The van der Waals surface area contributed by atoms with Crippen molar-refractivity contribution in [3.63, 3.8) is 0 Å². The highest BCUT2D eigenvalue weighted by Crippen LogP contribution is 2.28. The lowest BCUT2D eigenvalue weighted by atomic mass is 10.1. The summed E-state index contributed by atoms with van der Waals surface area (Å²) in [7, 11) is 2.10. The van der Waals surface area contributed by atoms with Crippen LogP contribution in [0.3, 0.4) is 0 Å². The molecule has 1 aromatic carbocycles. The fraction of sp³-hybridized carbons (Fsp3) is 0.600. The second kappa shape index (κ2) is 6.53. The Morgan fingerprint density at radius 3 is 2.44 bits per heavy atom. The van der Waals surface area contributed by atoms with E-state index < -0.39 is 0 Å². The molecule has 0 radical (unpaired) electrons. The van der Waals surface area contributed by atoms with Crippen molar-refractivity contribution in [2.45, 2.75) is 40.2 Å². The highest BCUT2D eigenvalue weighted by atomic mass is 16.5. The lowest BCUT2D eigenvalue weighted by Gasteiger charge is -2.22. The Hall–Kier alpha value is -1.38. The molecule has 0 bridgehead atoms. The van der Waals surface area contributed by atoms with Crippen molar-refractivity contribution in [3.05, 3.63) is 18.2 Å². The molecule has 0 aliphatic rings. The van der Waals surface area contributed by atoms with Crippen LogP contribution in [0.15, 0.2) is 18.2 Å². The number of ether oxygens (including phenoxy) is 1. The average molecular weight is 250 g/mol. The second-order valence-corrected chi connectivity index (χ2v) is 5.49. The van der Waals surface area contributed by atoms with E-state index >= 15 is 0 Å². The molecule has 0 aliphatic carbocycles. The average Bonchev–Trinajstić information content (AvgIpc) is 2.28. The molecule has 3 nitrogen and oxygen atoms in total. The maximum absolute atomic E-state index is 5.92. The number of nitrogen functional groups attached to an aromatic ring is 1. The van der Waals surface area contributed by atoms with Crippen LogP contribution in [0.5, 0.6) is 5.75 Å². The predicted octanol–water partition coefficient (Wildman–Crippen LogP) is 3.54. The Morgan fingerprint density at radius 1 is 1.22 bits per heavy atom. The third-order valence-corrected chi connectivity index (χ3v) is 2.84. The van der Waals surface area contributed by atoms with E-state index in [0.29, 0.717) is 11.6 Å². The Kier molecular flexibility index (Phi) is 5.32. The summed E-state index contributed by atoms with van der Waals surface area (Å²) in [6.07, 6.45) is 1.32. The van der Waals surface area contributed by atoms with Crippen LogP contribution >= 0.6 is 0 Å². The van der Waals surface area contributed by atoms with Gasteiger partial charge in [-0.05, 0) is 38.3 Å². The molecule has 0 saturated carbocycles. The summed E-state index contributed by atoms with van der Waals surface area (Å²) in [4.78, 5) is 2.24. The van der Waals surface area contributed by atoms with Gasteiger partial charge in [-0.1, -0.05) is 13.8 Å². The number of hydrogen-bond acceptors (Lipinski definition) is 3. The van der Waals surface area contributed by atoms with Gasteiger partial charge in [-0.2, -0.15) is 0 Å². The first-order valence-corrected chi connectivity index (χ1v) is 6.67. The molecular formula is C15H26N2O. The van der Waals surface area contributed by atoms with Gasteiger partial charge in [0.2, 0.25) is 0 Å². The number of hydrogen-bond donors (Lipinski definition) is 1. The topological polar surface area (TPSA) is 38.5 Å². The minimum atomic E-state index is 0.142. The van der Waals surface area contributed by atoms with Crippen molar-refractivity contribution < 1.29 is 4.74 Å². The summed E-state index contributed by atoms with van der Waals surface area (Å²) < 4.78 is 5.71. The van der Waals surface area contributed by atoms with E-state index in [0.717, 1.165) is 18.0 Å². The molecule has 0 amide bonds. The van der Waals surface area contributed by atoms with E-state index in [4.69, 9.17) is 10.5 Å². The molecule has 0 aliphatic heterocycles. The number of anilines is 2. The minimum absolute atomic E-state index is 0.142. The first kappa shape index (κ1) is 14.7. The van der Waals surface area contributed by atoms with Crippen molar-refractivity contribution in [1.82, 2.24) is 0 Å². The van der Waals surface area contributed by atoms with Gasteiger partial charge >= 0.3 is 0 Å². The van der Waals surface area contributed by atoms with Crippen LogP contribution in [0.25, 0.3) is 0 Å². The van der Waals surface area contributed by atoms with E-state index in [1.165, 1.54) is 6.42 Å². The Labute approximate surface area is 111 Å². The molecular weight excluding hydrogens is 224 g/mol. The summed E-state index contributed by atoms with van der Waals surface area (Å²) >= 11 is 0. The third-order valence-electron chi connectivity index (χ3n) is 2.84. The maximum Gasteiger partial charge on any atom is 0.144 e. The highest BCUT2D eigenvalue weighted by Gasteiger charge is 2.08. The maximum atomic E-state index is 5.92. The van der Waals surface area contributed by atoms with Crippen LogP contribution in [-0.2, 0) is 0 Å². The van der Waals surface area contributed by atoms with Gasteiger partial charge in [-0.3, -0.25) is 0 Å². The van der Waals surface area contributed by atoms with Crippen molar-refractivity contribution in [2.75, 3.05) is 24.2 Å². The molecule has 0 spiro atoms. The number of nitrogens with zero attached hydrogens (tertiary/aromatic N) is 1. The SMILES string of the molecule is CC(C)CCN(C)c1ccc(N)c(OC(C)C)c1. The molecule has 0 aromatic heterocycles. The summed E-state index contributed by atoms with van der Waals surface area (Å²) in [6.45, 7) is 9.54. The van der Waals surface area contributed by atoms with Gasteiger partial charge in [0.15, 0.2) is 0 Å². The monoisotopic (exact) mass is 250 g/mol. The fourth-order valence-corrected chi connectivity index (χ4v) is 1.70. The van der Waals surface area contributed by atoms with Crippen LogP contribution in [0.1, 0.15) is 34.1 Å². The molecule has 102 valence electrons. The van der Waals surface area contributed by atoms with Crippen molar-refractivity contribution in [3.8, 4) is 5.75 Å². The normalized spacial score (nSPS) is 11.1. The van der Waals surface area contributed by atoms with Crippen LogP contribution in [-0.4, -0.2) is 19.7 Å². The van der Waals surface area contributed by atoms with E-state index in [2.05, 4.69) is 25.8 Å². The summed E-state index contributed by atoms with van der Waals surface area (Å²) in [5, 5.41) is 0. The van der Waals surface area contributed by atoms with Crippen LogP contribution in [0, 0.1) is 5.92 Å². The first-order chi connectivity index (χ1) is 8.40.